The molecule has 0 saturated heterocycles. The highest BCUT2D eigenvalue weighted by atomic mass is 16.2. The molecule has 54 valence electrons. The van der Waals surface area contributed by atoms with Gasteiger partial charge in [0.1, 0.15) is 11.3 Å². The van der Waals surface area contributed by atoms with E-state index in [9.17, 15) is 4.79 Å². The zero-order valence-electron chi connectivity index (χ0n) is 5.79. The second-order valence-corrected chi connectivity index (χ2v) is 2.90. The molecule has 0 aromatic rings. The SMILES string of the molecule is CN1N=C(N)C2(CC2)C1=O. The zero-order valence-corrected chi connectivity index (χ0v) is 5.79. The summed E-state index contributed by atoms with van der Waals surface area (Å²) >= 11 is 0. The first-order valence-electron chi connectivity index (χ1n) is 3.29. The summed E-state index contributed by atoms with van der Waals surface area (Å²) < 4.78 is 0. The first-order valence-corrected chi connectivity index (χ1v) is 3.29. The number of nitrogens with zero attached hydrogens (tertiary/aromatic N) is 2. The van der Waals surface area contributed by atoms with Gasteiger partial charge in [0, 0.05) is 7.05 Å². The molecule has 1 aliphatic carbocycles. The Kier molecular flexibility index (Phi) is 0.760. The number of hydrogen-bond acceptors (Lipinski definition) is 3. The first kappa shape index (κ1) is 5.70. The minimum atomic E-state index is -0.352. The van der Waals surface area contributed by atoms with Gasteiger partial charge in [-0.3, -0.25) is 4.79 Å². The van der Waals surface area contributed by atoms with E-state index < -0.39 is 0 Å². The number of amidine groups is 1. The summed E-state index contributed by atoms with van der Waals surface area (Å²) in [4.78, 5) is 11.2. The van der Waals surface area contributed by atoms with Gasteiger partial charge in [-0.1, -0.05) is 0 Å². The van der Waals surface area contributed by atoms with Crippen LogP contribution in [0.5, 0.6) is 0 Å². The number of hydrazone groups is 1. The van der Waals surface area contributed by atoms with Crippen LogP contribution in [0, 0.1) is 5.41 Å². The fourth-order valence-electron chi connectivity index (χ4n) is 1.32. The van der Waals surface area contributed by atoms with Gasteiger partial charge in [0.25, 0.3) is 5.91 Å². The number of rotatable bonds is 0. The van der Waals surface area contributed by atoms with E-state index in [4.69, 9.17) is 5.73 Å². The van der Waals surface area contributed by atoms with E-state index in [0.717, 1.165) is 12.8 Å². The van der Waals surface area contributed by atoms with Crippen LogP contribution >= 0.6 is 0 Å². The van der Waals surface area contributed by atoms with Gasteiger partial charge >= 0.3 is 0 Å². The van der Waals surface area contributed by atoms with E-state index in [2.05, 4.69) is 5.10 Å². The smallest absolute Gasteiger partial charge is 0.256 e. The molecule has 0 aromatic heterocycles. The molecule has 2 aliphatic rings. The fraction of sp³-hybridized carbons (Fsp3) is 0.667. The third-order valence-corrected chi connectivity index (χ3v) is 2.20. The minimum Gasteiger partial charge on any atom is -0.385 e. The zero-order chi connectivity index (χ0) is 7.35. The lowest BCUT2D eigenvalue weighted by atomic mass is 10.1. The van der Waals surface area contributed by atoms with Gasteiger partial charge < -0.3 is 5.73 Å². The largest absolute Gasteiger partial charge is 0.385 e. The second-order valence-electron chi connectivity index (χ2n) is 2.90. The topological polar surface area (TPSA) is 58.7 Å². The van der Waals surface area contributed by atoms with Crippen molar-refractivity contribution in [3.05, 3.63) is 0 Å². The fourth-order valence-corrected chi connectivity index (χ4v) is 1.32. The molecule has 1 fully saturated rings. The molecule has 0 unspecified atom stereocenters. The Balaban J connectivity index is 2.39. The third kappa shape index (κ3) is 0.427. The van der Waals surface area contributed by atoms with Crippen molar-refractivity contribution in [3.63, 3.8) is 0 Å². The predicted octanol–water partition coefficient (Wildman–Crippen LogP) is -0.489. The number of amides is 1. The quantitative estimate of drug-likeness (QED) is 0.492. The number of carbonyl (C=O) groups is 1. The second kappa shape index (κ2) is 1.33. The number of carbonyl (C=O) groups excluding carboxylic acids is 1. The Morgan fingerprint density at radius 2 is 2.30 bits per heavy atom. The lowest BCUT2D eigenvalue weighted by Crippen LogP contribution is -2.29. The summed E-state index contributed by atoms with van der Waals surface area (Å²) in [6.07, 6.45) is 1.76. The molecular formula is C6H9N3O. The van der Waals surface area contributed by atoms with Crippen LogP contribution in [0.25, 0.3) is 0 Å². The molecule has 2 N–H and O–H groups in total. The Labute approximate surface area is 58.7 Å². The van der Waals surface area contributed by atoms with Gasteiger partial charge in [-0.2, -0.15) is 5.10 Å². The van der Waals surface area contributed by atoms with Crippen LogP contribution in [-0.2, 0) is 4.79 Å². The lowest BCUT2D eigenvalue weighted by molar-refractivity contribution is -0.131. The van der Waals surface area contributed by atoms with Crippen LogP contribution in [0.3, 0.4) is 0 Å². The molecule has 1 saturated carbocycles. The molecule has 2 rings (SSSR count). The normalized spacial score (nSPS) is 27.5. The van der Waals surface area contributed by atoms with Gasteiger partial charge in [-0.05, 0) is 12.8 Å². The van der Waals surface area contributed by atoms with Gasteiger partial charge in [-0.25, -0.2) is 5.01 Å². The molecule has 0 atom stereocenters. The van der Waals surface area contributed by atoms with Crippen molar-refractivity contribution >= 4 is 11.7 Å². The van der Waals surface area contributed by atoms with Crippen molar-refractivity contribution in [1.82, 2.24) is 5.01 Å². The average molecular weight is 139 g/mol. The van der Waals surface area contributed by atoms with Crippen LogP contribution in [0.4, 0.5) is 0 Å². The number of hydrogen-bond donors (Lipinski definition) is 1. The van der Waals surface area contributed by atoms with E-state index in [0.29, 0.717) is 5.84 Å². The van der Waals surface area contributed by atoms with Crippen molar-refractivity contribution in [2.45, 2.75) is 12.8 Å². The Morgan fingerprint density at radius 1 is 1.70 bits per heavy atom. The highest BCUT2D eigenvalue weighted by molar-refractivity contribution is 6.12. The molecule has 0 aromatic carbocycles. The summed E-state index contributed by atoms with van der Waals surface area (Å²) in [5.74, 6) is 0.560. The molecule has 0 radical (unpaired) electrons. The van der Waals surface area contributed by atoms with Gasteiger partial charge in [-0.15, -0.1) is 0 Å². The molecular weight excluding hydrogens is 130 g/mol. The molecule has 10 heavy (non-hydrogen) atoms. The van der Waals surface area contributed by atoms with Crippen LogP contribution in [0.15, 0.2) is 5.10 Å². The van der Waals surface area contributed by atoms with Gasteiger partial charge in [0.05, 0.1) is 0 Å². The van der Waals surface area contributed by atoms with Crippen LogP contribution < -0.4 is 5.73 Å². The highest BCUT2D eigenvalue weighted by Gasteiger charge is 2.58. The average Bonchev–Trinajstić information content (AvgIpc) is 2.61. The van der Waals surface area contributed by atoms with Crippen LogP contribution in [0.2, 0.25) is 0 Å². The van der Waals surface area contributed by atoms with Crippen molar-refractivity contribution in [1.29, 1.82) is 0 Å². The van der Waals surface area contributed by atoms with Crippen molar-refractivity contribution in [2.75, 3.05) is 7.05 Å². The molecule has 1 aliphatic heterocycles. The Hall–Kier alpha value is -1.06. The molecule has 4 heteroatoms. The van der Waals surface area contributed by atoms with Gasteiger partial charge in [0.15, 0.2) is 0 Å². The third-order valence-electron chi connectivity index (χ3n) is 2.20. The Morgan fingerprint density at radius 3 is 2.50 bits per heavy atom. The molecule has 1 amide bonds. The van der Waals surface area contributed by atoms with Crippen molar-refractivity contribution in [3.8, 4) is 0 Å². The molecule has 1 spiro atoms. The summed E-state index contributed by atoms with van der Waals surface area (Å²) in [6, 6.07) is 0. The molecule has 4 nitrogen and oxygen atoms in total. The van der Waals surface area contributed by atoms with E-state index in [-0.39, 0.29) is 11.3 Å². The summed E-state index contributed by atoms with van der Waals surface area (Å²) in [5, 5.41) is 5.20. The number of nitrogens with two attached hydrogens (primary N) is 1. The van der Waals surface area contributed by atoms with Crippen molar-refractivity contribution < 1.29 is 4.79 Å². The standard InChI is InChI=1S/C6H9N3O/c1-9-5(10)6(2-3-6)4(7)8-9/h2-3H2,1H3,(H2,7,8). The maximum atomic E-state index is 11.2. The Bertz CT molecular complexity index is 229. The lowest BCUT2D eigenvalue weighted by Gasteiger charge is -2.04. The van der Waals surface area contributed by atoms with Crippen LogP contribution in [-0.4, -0.2) is 23.8 Å². The van der Waals surface area contributed by atoms with Crippen molar-refractivity contribution in [2.24, 2.45) is 16.3 Å². The predicted molar refractivity (Wildman–Crippen MR) is 36.1 cm³/mol. The molecule has 1 heterocycles. The van der Waals surface area contributed by atoms with E-state index in [1.54, 1.807) is 7.05 Å². The monoisotopic (exact) mass is 139 g/mol. The summed E-state index contributed by atoms with van der Waals surface area (Å²) in [7, 11) is 1.64. The highest BCUT2D eigenvalue weighted by Crippen LogP contribution is 2.49. The summed E-state index contributed by atoms with van der Waals surface area (Å²) in [5.41, 5.74) is 5.19. The minimum absolute atomic E-state index is 0.0602. The van der Waals surface area contributed by atoms with Gasteiger partial charge in [0.2, 0.25) is 0 Å². The van der Waals surface area contributed by atoms with E-state index in [1.165, 1.54) is 5.01 Å². The molecule has 0 bridgehead atoms. The summed E-state index contributed by atoms with van der Waals surface area (Å²) in [6.45, 7) is 0. The van der Waals surface area contributed by atoms with E-state index >= 15 is 0 Å². The maximum absolute atomic E-state index is 11.2. The first-order chi connectivity index (χ1) is 4.67. The van der Waals surface area contributed by atoms with E-state index in [1.807, 2.05) is 0 Å². The maximum Gasteiger partial charge on any atom is 0.256 e. The van der Waals surface area contributed by atoms with Crippen LogP contribution in [0.1, 0.15) is 12.8 Å².